The Hall–Kier alpha value is -4.42. The normalized spacial score (nSPS) is 11.7. The van der Waals surface area contributed by atoms with Crippen molar-refractivity contribution < 1.29 is 14.4 Å². The van der Waals surface area contributed by atoms with Crippen molar-refractivity contribution >= 4 is 39.5 Å². The first-order valence-electron chi connectivity index (χ1n) is 8.76. The van der Waals surface area contributed by atoms with E-state index in [1.54, 1.807) is 24.3 Å². The fourth-order valence-electron chi connectivity index (χ4n) is 2.97. The van der Waals surface area contributed by atoms with Gasteiger partial charge in [-0.25, -0.2) is 4.98 Å². The van der Waals surface area contributed by atoms with Crippen molar-refractivity contribution in [2.24, 2.45) is 0 Å². The Balaban J connectivity index is 1.78. The average Bonchev–Trinajstić information content (AvgIpc) is 3.24. The first-order valence-corrected chi connectivity index (χ1v) is 9.14. The quantitative estimate of drug-likeness (QED) is 0.205. The van der Waals surface area contributed by atoms with Crippen LogP contribution in [0.2, 0.25) is 5.02 Å². The summed E-state index contributed by atoms with van der Waals surface area (Å²) in [5.41, 5.74) is -0.208. The number of aliphatic hydroxyl groups excluding tert-OH is 1. The number of rotatable bonds is 4. The Morgan fingerprint density at radius 1 is 1.23 bits per heavy atom. The van der Waals surface area contributed by atoms with Gasteiger partial charge in [0.25, 0.3) is 11.2 Å². The Bertz CT molecular complexity index is 1480. The highest BCUT2D eigenvalue weighted by atomic mass is 35.5. The fourth-order valence-corrected chi connectivity index (χ4v) is 3.24. The molecule has 4 aromatic rings. The number of fused-ring (bicyclic) bond motifs is 1. The molecule has 31 heavy (non-hydrogen) atoms. The maximum atomic E-state index is 12.3. The molecular formula is C21H11ClN4O5. The molecule has 2 aromatic carbocycles. The van der Waals surface area contributed by atoms with Crippen molar-refractivity contribution in [3.63, 3.8) is 0 Å². The number of hydrogen-bond donors (Lipinski definition) is 2. The van der Waals surface area contributed by atoms with Crippen LogP contribution in [0.3, 0.4) is 0 Å². The van der Waals surface area contributed by atoms with Crippen LogP contribution in [0.25, 0.3) is 33.6 Å². The number of nitro groups is 1. The molecule has 2 heterocycles. The largest absolute Gasteiger partial charge is 0.503 e. The second kappa shape index (κ2) is 7.78. The molecule has 0 atom stereocenters. The minimum atomic E-state index is -0.575. The highest BCUT2D eigenvalue weighted by Gasteiger charge is 2.19. The number of aromatic amines is 1. The van der Waals surface area contributed by atoms with Gasteiger partial charge in [-0.2, -0.15) is 5.26 Å². The van der Waals surface area contributed by atoms with Gasteiger partial charge in [0.15, 0.2) is 17.3 Å². The number of halogens is 1. The van der Waals surface area contributed by atoms with Gasteiger partial charge >= 0.3 is 0 Å². The van der Waals surface area contributed by atoms with Crippen molar-refractivity contribution in [3.05, 3.63) is 91.7 Å². The number of allylic oxidation sites excluding steroid dienone is 1. The van der Waals surface area contributed by atoms with E-state index in [9.17, 15) is 25.3 Å². The third-order valence-corrected chi connectivity index (χ3v) is 4.78. The van der Waals surface area contributed by atoms with Crippen LogP contribution in [0.4, 0.5) is 5.69 Å². The molecule has 0 fully saturated rings. The molecule has 0 saturated carbocycles. The molecule has 0 saturated heterocycles. The molecule has 2 N–H and O–H groups in total. The van der Waals surface area contributed by atoms with Crippen LogP contribution in [0.5, 0.6) is 0 Å². The summed E-state index contributed by atoms with van der Waals surface area (Å²) in [4.78, 5) is 29.3. The molecule has 0 aliphatic carbocycles. The molecule has 0 unspecified atom stereocenters. The number of furan rings is 1. The van der Waals surface area contributed by atoms with Crippen LogP contribution in [0, 0.1) is 21.4 Å². The average molecular weight is 435 g/mol. The van der Waals surface area contributed by atoms with Crippen molar-refractivity contribution in [3.8, 4) is 17.4 Å². The summed E-state index contributed by atoms with van der Waals surface area (Å²) in [6.45, 7) is 0. The molecular weight excluding hydrogens is 424 g/mol. The zero-order chi connectivity index (χ0) is 22.1. The number of H-pyrrole nitrogens is 1. The Morgan fingerprint density at radius 3 is 2.71 bits per heavy atom. The van der Waals surface area contributed by atoms with Crippen molar-refractivity contribution in [1.82, 2.24) is 9.97 Å². The zero-order valence-corrected chi connectivity index (χ0v) is 16.3. The van der Waals surface area contributed by atoms with E-state index in [0.717, 1.165) is 0 Å². The van der Waals surface area contributed by atoms with Gasteiger partial charge in [-0.15, -0.1) is 0 Å². The zero-order valence-electron chi connectivity index (χ0n) is 15.5. The van der Waals surface area contributed by atoms with Crippen LogP contribution in [-0.2, 0) is 0 Å². The standard InChI is InChI=1S/C21H11ClN4O5/c22-15-9-11(26(29)30)5-6-12(15)17-7-8-18(31-17)19(27)14(10-23)20-24-16-4-2-1-3-13(16)21(28)25-20/h1-9,27H,(H,24,25,28). The van der Waals surface area contributed by atoms with Gasteiger partial charge in [0.05, 0.1) is 20.8 Å². The lowest BCUT2D eigenvalue weighted by Gasteiger charge is -2.04. The third-order valence-electron chi connectivity index (χ3n) is 4.47. The van der Waals surface area contributed by atoms with Gasteiger partial charge in [0, 0.05) is 17.7 Å². The van der Waals surface area contributed by atoms with Crippen molar-refractivity contribution in [2.45, 2.75) is 0 Å². The molecule has 0 amide bonds. The number of aromatic nitrogens is 2. The molecule has 9 nitrogen and oxygen atoms in total. The molecule has 2 aromatic heterocycles. The molecule has 0 aliphatic heterocycles. The first kappa shape index (κ1) is 19.9. The van der Waals surface area contributed by atoms with E-state index < -0.39 is 16.2 Å². The maximum absolute atomic E-state index is 12.3. The van der Waals surface area contributed by atoms with Gasteiger partial charge in [-0.1, -0.05) is 23.7 Å². The molecule has 0 spiro atoms. The number of aliphatic hydroxyl groups is 1. The van der Waals surface area contributed by atoms with Crippen LogP contribution >= 0.6 is 11.6 Å². The minimum Gasteiger partial charge on any atom is -0.503 e. The number of nitro benzene ring substituents is 1. The number of hydrogen-bond acceptors (Lipinski definition) is 7. The second-order valence-electron chi connectivity index (χ2n) is 6.35. The van der Waals surface area contributed by atoms with Gasteiger partial charge in [-0.05, 0) is 30.3 Å². The number of non-ortho nitro benzene ring substituents is 1. The number of benzene rings is 2. The second-order valence-corrected chi connectivity index (χ2v) is 6.76. The third kappa shape index (κ3) is 3.63. The van der Waals surface area contributed by atoms with Gasteiger partial charge in [0.2, 0.25) is 0 Å². The highest BCUT2D eigenvalue weighted by Crippen LogP contribution is 2.34. The lowest BCUT2D eigenvalue weighted by atomic mass is 10.1. The van der Waals surface area contributed by atoms with Crippen LogP contribution in [0.15, 0.2) is 63.8 Å². The number of nitriles is 1. The van der Waals surface area contributed by atoms with Crippen LogP contribution < -0.4 is 5.56 Å². The summed E-state index contributed by atoms with van der Waals surface area (Å²) in [6.07, 6.45) is 0. The maximum Gasteiger partial charge on any atom is 0.270 e. The molecule has 10 heteroatoms. The van der Waals surface area contributed by atoms with E-state index in [2.05, 4.69) is 9.97 Å². The summed E-state index contributed by atoms with van der Waals surface area (Å²) in [7, 11) is 0. The summed E-state index contributed by atoms with van der Waals surface area (Å²) >= 11 is 6.11. The summed E-state index contributed by atoms with van der Waals surface area (Å²) in [5.74, 6) is -0.504. The predicted octanol–water partition coefficient (Wildman–Crippen LogP) is 4.69. The molecule has 0 radical (unpaired) electrons. The van der Waals surface area contributed by atoms with Gasteiger partial charge in [0.1, 0.15) is 17.4 Å². The van der Waals surface area contributed by atoms with Gasteiger partial charge < -0.3 is 14.5 Å². The van der Waals surface area contributed by atoms with E-state index in [1.165, 1.54) is 30.3 Å². The Morgan fingerprint density at radius 2 is 2.00 bits per heavy atom. The monoisotopic (exact) mass is 434 g/mol. The minimum absolute atomic E-state index is 0.0724. The van der Waals surface area contributed by atoms with E-state index in [-0.39, 0.29) is 33.6 Å². The molecule has 152 valence electrons. The van der Waals surface area contributed by atoms with E-state index in [4.69, 9.17) is 16.0 Å². The van der Waals surface area contributed by atoms with E-state index >= 15 is 0 Å². The summed E-state index contributed by atoms with van der Waals surface area (Å²) in [5, 5.41) is 31.5. The first-order chi connectivity index (χ1) is 14.9. The van der Waals surface area contributed by atoms with Crippen LogP contribution in [-0.4, -0.2) is 20.0 Å². The number of nitrogens with zero attached hydrogens (tertiary/aromatic N) is 3. The highest BCUT2D eigenvalue weighted by molar-refractivity contribution is 6.33. The SMILES string of the molecule is N#CC(=C(O)c1ccc(-c2ccc([N+](=O)[O-])cc2Cl)o1)c1nc2ccccc2c(=O)[nH]1. The van der Waals surface area contributed by atoms with Crippen LogP contribution in [0.1, 0.15) is 11.6 Å². The van der Waals surface area contributed by atoms with Gasteiger partial charge in [-0.3, -0.25) is 14.9 Å². The van der Waals surface area contributed by atoms with Crippen molar-refractivity contribution in [1.29, 1.82) is 5.26 Å². The van der Waals surface area contributed by atoms with Crippen molar-refractivity contribution in [2.75, 3.05) is 0 Å². The van der Waals surface area contributed by atoms with E-state index in [1.807, 2.05) is 6.07 Å². The smallest absolute Gasteiger partial charge is 0.270 e. The topological polar surface area (TPSA) is 146 Å². The lowest BCUT2D eigenvalue weighted by molar-refractivity contribution is -0.384. The predicted molar refractivity (Wildman–Crippen MR) is 113 cm³/mol. The Kier molecular flexibility index (Phi) is 4.99. The molecule has 4 rings (SSSR count). The fraction of sp³-hybridized carbons (Fsp3) is 0. The Labute approximate surface area is 178 Å². The molecule has 0 bridgehead atoms. The summed E-state index contributed by atoms with van der Waals surface area (Å²) in [6, 6.07) is 15.2. The van der Waals surface area contributed by atoms with E-state index in [0.29, 0.717) is 16.5 Å². The number of para-hydroxylation sites is 1. The lowest BCUT2D eigenvalue weighted by Crippen LogP contribution is -2.11. The number of nitrogens with one attached hydrogen (secondary N) is 1. The molecule has 0 aliphatic rings. The summed E-state index contributed by atoms with van der Waals surface area (Å²) < 4.78 is 5.60.